The third-order valence-electron chi connectivity index (χ3n) is 7.13. The number of rotatable bonds is 8. The summed E-state index contributed by atoms with van der Waals surface area (Å²) in [6.45, 7) is 5.26. The monoisotopic (exact) mass is 578 g/mol. The summed E-state index contributed by atoms with van der Waals surface area (Å²) >= 11 is 8.87. The molecule has 0 spiro atoms. The van der Waals surface area contributed by atoms with E-state index in [1.54, 1.807) is 40.2 Å². The predicted molar refractivity (Wildman–Crippen MR) is 156 cm³/mol. The van der Waals surface area contributed by atoms with Gasteiger partial charge >= 0.3 is 0 Å². The maximum atomic E-state index is 14.0. The number of carbonyl (C=O) groups is 1. The zero-order chi connectivity index (χ0) is 27.1. The van der Waals surface area contributed by atoms with E-state index in [4.69, 9.17) is 16.3 Å². The van der Waals surface area contributed by atoms with Gasteiger partial charge in [-0.25, -0.2) is 4.40 Å². The molecule has 1 atom stereocenters. The number of thiophene rings is 1. The van der Waals surface area contributed by atoms with Crippen molar-refractivity contribution >= 4 is 56.5 Å². The van der Waals surface area contributed by atoms with Gasteiger partial charge in [-0.2, -0.15) is 0 Å². The molecular formula is C29H27ClN4O3S2. The molecule has 0 unspecified atom stereocenters. The topological polar surface area (TPSA) is 78.5 Å². The van der Waals surface area contributed by atoms with Gasteiger partial charge in [0.05, 0.1) is 23.8 Å². The Kier molecular flexibility index (Phi) is 7.33. The number of ether oxygens (including phenoxy) is 1. The van der Waals surface area contributed by atoms with Crippen molar-refractivity contribution in [2.24, 2.45) is 5.92 Å². The zero-order valence-corrected chi connectivity index (χ0v) is 24.0. The van der Waals surface area contributed by atoms with Gasteiger partial charge in [0.2, 0.25) is 5.78 Å². The minimum absolute atomic E-state index is 0.0271. The van der Waals surface area contributed by atoms with E-state index in [9.17, 15) is 9.59 Å². The average molecular weight is 579 g/mol. The maximum Gasteiger partial charge on any atom is 0.263 e. The lowest BCUT2D eigenvalue weighted by molar-refractivity contribution is 0.00200. The van der Waals surface area contributed by atoms with Gasteiger partial charge in [0.1, 0.15) is 4.83 Å². The van der Waals surface area contributed by atoms with E-state index >= 15 is 0 Å². The number of hydrogen-bond donors (Lipinski definition) is 0. The molecule has 0 aliphatic carbocycles. The molecule has 4 heterocycles. The molecule has 39 heavy (non-hydrogen) atoms. The molecule has 1 aliphatic heterocycles. The van der Waals surface area contributed by atoms with Crippen LogP contribution in [0.25, 0.3) is 16.0 Å². The summed E-state index contributed by atoms with van der Waals surface area (Å²) in [7, 11) is 0. The number of halogens is 1. The number of aryl methyl sites for hydroxylation is 2. The second kappa shape index (κ2) is 10.9. The Balaban J connectivity index is 1.44. The van der Waals surface area contributed by atoms with Crippen molar-refractivity contribution in [3.05, 3.63) is 91.5 Å². The highest BCUT2D eigenvalue weighted by molar-refractivity contribution is 7.99. The Morgan fingerprint density at radius 2 is 1.92 bits per heavy atom. The summed E-state index contributed by atoms with van der Waals surface area (Å²) < 4.78 is 9.82. The standard InChI is InChI=1S/C29H27ClN4O3S2/c1-17(2)23-14-21-24(15-37-23)39-27-25(21)26(36)33(13-12-18-6-4-3-5-7-18)28-31-32-29(34(27)28)38-16-22(35)19-8-10-20(30)11-9-19/h3-11,17,23H,12-16H2,1-2H3/t23-/m0/s1. The fourth-order valence-electron chi connectivity index (χ4n) is 4.95. The fraction of sp³-hybridized carbons (Fsp3) is 0.310. The van der Waals surface area contributed by atoms with Crippen molar-refractivity contribution in [3.63, 3.8) is 0 Å². The molecule has 10 heteroatoms. The molecule has 0 bridgehead atoms. The van der Waals surface area contributed by atoms with Gasteiger partial charge in [0.15, 0.2) is 10.9 Å². The van der Waals surface area contributed by atoms with Crippen LogP contribution in [0.4, 0.5) is 0 Å². The number of thioether (sulfide) groups is 1. The molecule has 3 aromatic heterocycles. The molecule has 0 amide bonds. The van der Waals surface area contributed by atoms with Crippen molar-refractivity contribution in [2.75, 3.05) is 5.75 Å². The summed E-state index contributed by atoms with van der Waals surface area (Å²) in [6, 6.07) is 17.0. The van der Waals surface area contributed by atoms with Crippen LogP contribution in [-0.4, -0.2) is 36.8 Å². The first-order valence-electron chi connectivity index (χ1n) is 12.9. The predicted octanol–water partition coefficient (Wildman–Crippen LogP) is 6.07. The Morgan fingerprint density at radius 3 is 2.67 bits per heavy atom. The lowest BCUT2D eigenvalue weighted by Crippen LogP contribution is -2.29. The Labute approximate surface area is 238 Å². The molecule has 0 radical (unpaired) electrons. The molecule has 200 valence electrons. The van der Waals surface area contributed by atoms with Crippen LogP contribution < -0.4 is 5.56 Å². The van der Waals surface area contributed by atoms with Crippen LogP contribution in [0.1, 0.15) is 40.2 Å². The smallest absolute Gasteiger partial charge is 0.263 e. The molecule has 7 nitrogen and oxygen atoms in total. The van der Waals surface area contributed by atoms with Crippen molar-refractivity contribution < 1.29 is 9.53 Å². The number of fused-ring (bicyclic) bond motifs is 5. The number of ketones is 1. The van der Waals surface area contributed by atoms with Gasteiger partial charge in [-0.1, -0.05) is 67.5 Å². The number of hydrogen-bond acceptors (Lipinski definition) is 7. The normalized spacial score (nSPS) is 15.3. The van der Waals surface area contributed by atoms with Gasteiger partial charge in [-0.05, 0) is 47.7 Å². The summed E-state index contributed by atoms with van der Waals surface area (Å²) in [5.41, 5.74) is 2.76. The first kappa shape index (κ1) is 26.3. The van der Waals surface area contributed by atoms with Gasteiger partial charge in [-0.3, -0.25) is 14.2 Å². The Hall–Kier alpha value is -2.98. The third-order valence-corrected chi connectivity index (χ3v) is 9.51. The Morgan fingerprint density at radius 1 is 1.15 bits per heavy atom. The largest absolute Gasteiger partial charge is 0.372 e. The van der Waals surface area contributed by atoms with Crippen LogP contribution >= 0.6 is 34.7 Å². The van der Waals surface area contributed by atoms with Crippen LogP contribution in [0, 0.1) is 5.92 Å². The molecule has 0 fully saturated rings. The fourth-order valence-corrected chi connectivity index (χ4v) is 7.20. The SMILES string of the molecule is CC(C)[C@@H]1Cc2c(sc3c2c(=O)n(CCc2ccccc2)c2nnc(SCC(=O)c4ccc(Cl)cc4)n32)CO1. The molecule has 2 aromatic carbocycles. The van der Waals surface area contributed by atoms with Gasteiger partial charge < -0.3 is 4.74 Å². The number of Topliss-reactive ketones (excluding diaryl/α,β-unsaturated/α-hetero) is 1. The second-order valence-electron chi connectivity index (χ2n) is 10.0. The summed E-state index contributed by atoms with van der Waals surface area (Å²) in [5.74, 6) is 0.999. The van der Waals surface area contributed by atoms with E-state index in [1.165, 1.54) is 11.8 Å². The molecule has 1 aliphatic rings. The first-order chi connectivity index (χ1) is 18.9. The number of aromatic nitrogens is 4. The van der Waals surface area contributed by atoms with Crippen LogP contribution in [0.3, 0.4) is 0 Å². The van der Waals surface area contributed by atoms with E-state index in [2.05, 4.69) is 36.2 Å². The van der Waals surface area contributed by atoms with E-state index in [-0.39, 0.29) is 23.2 Å². The van der Waals surface area contributed by atoms with Gasteiger partial charge in [0, 0.05) is 28.4 Å². The lowest BCUT2D eigenvalue weighted by atomic mass is 9.96. The summed E-state index contributed by atoms with van der Waals surface area (Å²) in [5, 5.41) is 10.8. The van der Waals surface area contributed by atoms with E-state index in [0.717, 1.165) is 26.2 Å². The second-order valence-corrected chi connectivity index (χ2v) is 12.5. The van der Waals surface area contributed by atoms with Crippen LogP contribution in [-0.2, 0) is 30.7 Å². The molecule has 6 rings (SSSR count). The lowest BCUT2D eigenvalue weighted by Gasteiger charge is -2.26. The van der Waals surface area contributed by atoms with Crippen molar-refractivity contribution in [3.8, 4) is 0 Å². The van der Waals surface area contributed by atoms with Crippen molar-refractivity contribution in [2.45, 2.75) is 51.1 Å². The van der Waals surface area contributed by atoms with Gasteiger partial charge in [-0.15, -0.1) is 21.5 Å². The average Bonchev–Trinajstić information content (AvgIpc) is 3.54. The minimum Gasteiger partial charge on any atom is -0.372 e. The quantitative estimate of drug-likeness (QED) is 0.164. The third kappa shape index (κ3) is 5.04. The van der Waals surface area contributed by atoms with E-state index in [0.29, 0.717) is 53.4 Å². The van der Waals surface area contributed by atoms with Crippen molar-refractivity contribution in [1.29, 1.82) is 0 Å². The molecule has 5 aromatic rings. The highest BCUT2D eigenvalue weighted by atomic mass is 35.5. The molecule has 0 saturated heterocycles. The number of carbonyl (C=O) groups excluding carboxylic acids is 1. The highest BCUT2D eigenvalue weighted by Gasteiger charge is 2.30. The molecule has 0 N–H and O–H groups in total. The van der Waals surface area contributed by atoms with E-state index < -0.39 is 0 Å². The van der Waals surface area contributed by atoms with Crippen LogP contribution in [0.2, 0.25) is 5.02 Å². The molecular weight excluding hydrogens is 552 g/mol. The summed E-state index contributed by atoms with van der Waals surface area (Å²) in [6.07, 6.45) is 1.46. The molecule has 0 saturated carbocycles. The van der Waals surface area contributed by atoms with Crippen LogP contribution in [0.15, 0.2) is 64.5 Å². The van der Waals surface area contributed by atoms with Gasteiger partial charge in [0.25, 0.3) is 5.56 Å². The number of nitrogens with zero attached hydrogens (tertiary/aromatic N) is 4. The van der Waals surface area contributed by atoms with Crippen LogP contribution in [0.5, 0.6) is 0 Å². The van der Waals surface area contributed by atoms with Crippen molar-refractivity contribution in [1.82, 2.24) is 19.2 Å². The summed E-state index contributed by atoms with van der Waals surface area (Å²) in [4.78, 5) is 28.8. The first-order valence-corrected chi connectivity index (χ1v) is 15.1. The number of benzene rings is 2. The highest BCUT2D eigenvalue weighted by Crippen LogP contribution is 2.37. The zero-order valence-electron chi connectivity index (χ0n) is 21.6. The Bertz CT molecular complexity index is 1730. The minimum atomic E-state index is -0.0449. The maximum absolute atomic E-state index is 14.0. The van der Waals surface area contributed by atoms with E-state index in [1.807, 2.05) is 22.6 Å².